The van der Waals surface area contributed by atoms with Crippen molar-refractivity contribution in [2.45, 2.75) is 6.54 Å². The van der Waals surface area contributed by atoms with Crippen LogP contribution in [0.25, 0.3) is 11.4 Å². The number of imidazole rings is 1. The minimum Gasteiger partial charge on any atom is -0.464 e. The van der Waals surface area contributed by atoms with Gasteiger partial charge in [-0.25, -0.2) is 14.2 Å². The van der Waals surface area contributed by atoms with Gasteiger partial charge >= 0.3 is 5.97 Å². The molecule has 4 nitrogen and oxygen atoms in total. The smallest absolute Gasteiger partial charge is 0.358 e. The number of aromatic nitrogens is 2. The molecule has 0 atom stereocenters. The summed E-state index contributed by atoms with van der Waals surface area (Å²) in [5.74, 6) is -0.225. The van der Waals surface area contributed by atoms with Gasteiger partial charge < -0.3 is 9.30 Å². The number of halogens is 1. The summed E-state index contributed by atoms with van der Waals surface area (Å²) < 4.78 is 19.7. The molecule has 0 saturated heterocycles. The molecule has 1 aromatic heterocycles. The lowest BCUT2D eigenvalue weighted by atomic mass is 10.2. The number of hydrogen-bond acceptors (Lipinski definition) is 3. The third-order valence-corrected chi connectivity index (χ3v) is 3.47. The molecule has 3 aromatic rings. The summed E-state index contributed by atoms with van der Waals surface area (Å²) in [6, 6.07) is 15.8. The summed E-state index contributed by atoms with van der Waals surface area (Å²) in [4.78, 5) is 16.1. The first kappa shape index (κ1) is 15.0. The van der Waals surface area contributed by atoms with Gasteiger partial charge in [-0.2, -0.15) is 0 Å². The lowest BCUT2D eigenvalue weighted by Gasteiger charge is -2.08. The standard InChI is InChI=1S/C18H15FN2O2/c1-23-18(22)16-12-21(11-13-5-3-2-4-6-13)17(20-16)14-7-9-15(19)10-8-14/h2-10,12H,11H2,1H3. The minimum atomic E-state index is -0.500. The molecule has 0 aliphatic heterocycles. The van der Waals surface area contributed by atoms with Crippen LogP contribution in [0.1, 0.15) is 16.1 Å². The second kappa shape index (κ2) is 6.44. The van der Waals surface area contributed by atoms with Crippen LogP contribution in [0.2, 0.25) is 0 Å². The molecule has 0 bridgehead atoms. The molecule has 23 heavy (non-hydrogen) atoms. The van der Waals surface area contributed by atoms with Crippen molar-refractivity contribution in [2.24, 2.45) is 0 Å². The fraction of sp³-hybridized carbons (Fsp3) is 0.111. The van der Waals surface area contributed by atoms with Gasteiger partial charge in [0.05, 0.1) is 7.11 Å². The molecule has 116 valence electrons. The Morgan fingerprint density at radius 2 is 1.83 bits per heavy atom. The molecule has 0 unspecified atom stereocenters. The summed E-state index contributed by atoms with van der Waals surface area (Å²) in [5, 5.41) is 0. The SMILES string of the molecule is COC(=O)c1cn(Cc2ccccc2)c(-c2ccc(F)cc2)n1. The molecule has 0 aliphatic rings. The summed E-state index contributed by atoms with van der Waals surface area (Å²) in [6.45, 7) is 0.553. The van der Waals surface area contributed by atoms with Gasteiger partial charge in [-0.3, -0.25) is 0 Å². The monoisotopic (exact) mass is 310 g/mol. The Hall–Kier alpha value is -2.95. The van der Waals surface area contributed by atoms with Gasteiger partial charge in [-0.15, -0.1) is 0 Å². The van der Waals surface area contributed by atoms with Gasteiger partial charge in [0.1, 0.15) is 11.6 Å². The zero-order valence-electron chi connectivity index (χ0n) is 12.6. The van der Waals surface area contributed by atoms with E-state index in [0.717, 1.165) is 11.1 Å². The van der Waals surface area contributed by atoms with Crippen molar-refractivity contribution in [2.75, 3.05) is 7.11 Å². The predicted molar refractivity (Wildman–Crippen MR) is 84.5 cm³/mol. The molecule has 0 amide bonds. The number of nitrogens with zero attached hydrogens (tertiary/aromatic N) is 2. The predicted octanol–water partition coefficient (Wildman–Crippen LogP) is 3.52. The first-order valence-electron chi connectivity index (χ1n) is 7.13. The van der Waals surface area contributed by atoms with Crippen LogP contribution in [0.15, 0.2) is 60.8 Å². The fourth-order valence-electron chi connectivity index (χ4n) is 2.35. The van der Waals surface area contributed by atoms with Gasteiger partial charge in [0.25, 0.3) is 0 Å². The minimum absolute atomic E-state index is 0.225. The molecule has 0 spiro atoms. The van der Waals surface area contributed by atoms with E-state index >= 15 is 0 Å². The van der Waals surface area contributed by atoms with E-state index in [1.165, 1.54) is 19.2 Å². The third-order valence-electron chi connectivity index (χ3n) is 3.47. The van der Waals surface area contributed by atoms with E-state index in [1.807, 2.05) is 34.9 Å². The second-order valence-corrected chi connectivity index (χ2v) is 5.06. The first-order chi connectivity index (χ1) is 11.2. The van der Waals surface area contributed by atoms with Crippen molar-refractivity contribution in [3.8, 4) is 11.4 Å². The number of esters is 1. The zero-order valence-corrected chi connectivity index (χ0v) is 12.6. The van der Waals surface area contributed by atoms with Crippen molar-refractivity contribution >= 4 is 5.97 Å². The van der Waals surface area contributed by atoms with Gasteiger partial charge in [0, 0.05) is 18.3 Å². The van der Waals surface area contributed by atoms with Crippen LogP contribution in [0.4, 0.5) is 4.39 Å². The maximum atomic E-state index is 13.1. The highest BCUT2D eigenvalue weighted by Crippen LogP contribution is 2.21. The van der Waals surface area contributed by atoms with Crippen LogP contribution in [-0.2, 0) is 11.3 Å². The first-order valence-corrected chi connectivity index (χ1v) is 7.13. The highest BCUT2D eigenvalue weighted by Gasteiger charge is 2.16. The van der Waals surface area contributed by atoms with Crippen LogP contribution in [0.5, 0.6) is 0 Å². The Morgan fingerprint density at radius 3 is 2.48 bits per heavy atom. The quantitative estimate of drug-likeness (QED) is 0.693. The van der Waals surface area contributed by atoms with Crippen molar-refractivity contribution in [1.29, 1.82) is 0 Å². The highest BCUT2D eigenvalue weighted by molar-refractivity contribution is 5.87. The van der Waals surface area contributed by atoms with Gasteiger partial charge in [0.15, 0.2) is 5.69 Å². The highest BCUT2D eigenvalue weighted by atomic mass is 19.1. The largest absolute Gasteiger partial charge is 0.464 e. The fourth-order valence-corrected chi connectivity index (χ4v) is 2.35. The van der Waals surface area contributed by atoms with Gasteiger partial charge in [-0.1, -0.05) is 30.3 Å². The summed E-state index contributed by atoms with van der Waals surface area (Å²) in [5.41, 5.74) is 2.03. The van der Waals surface area contributed by atoms with Gasteiger partial charge in [-0.05, 0) is 29.8 Å². The van der Waals surface area contributed by atoms with Crippen LogP contribution in [-0.4, -0.2) is 22.6 Å². The number of rotatable bonds is 4. The second-order valence-electron chi connectivity index (χ2n) is 5.06. The number of hydrogen-bond donors (Lipinski definition) is 0. The van der Waals surface area contributed by atoms with E-state index in [1.54, 1.807) is 18.3 Å². The summed E-state index contributed by atoms with van der Waals surface area (Å²) in [7, 11) is 1.32. The van der Waals surface area contributed by atoms with E-state index < -0.39 is 5.97 Å². The zero-order chi connectivity index (χ0) is 16.2. The molecule has 3 rings (SSSR count). The van der Waals surface area contributed by atoms with Crippen molar-refractivity contribution < 1.29 is 13.9 Å². The normalized spacial score (nSPS) is 10.5. The molecule has 0 fully saturated rings. The van der Waals surface area contributed by atoms with Crippen molar-refractivity contribution in [1.82, 2.24) is 9.55 Å². The Morgan fingerprint density at radius 1 is 1.13 bits per heavy atom. The van der Waals surface area contributed by atoms with Crippen molar-refractivity contribution in [3.63, 3.8) is 0 Å². The van der Waals surface area contributed by atoms with E-state index in [0.29, 0.717) is 12.4 Å². The van der Waals surface area contributed by atoms with E-state index in [-0.39, 0.29) is 11.5 Å². The molecule has 2 aromatic carbocycles. The summed E-state index contributed by atoms with van der Waals surface area (Å²) in [6.07, 6.45) is 1.65. The number of ether oxygens (including phenoxy) is 1. The maximum absolute atomic E-state index is 13.1. The maximum Gasteiger partial charge on any atom is 0.358 e. The third kappa shape index (κ3) is 3.29. The molecule has 5 heteroatoms. The molecule has 0 aliphatic carbocycles. The van der Waals surface area contributed by atoms with E-state index in [2.05, 4.69) is 4.98 Å². The average Bonchev–Trinajstić information content (AvgIpc) is 2.99. The molecular weight excluding hydrogens is 295 g/mol. The molecule has 0 radical (unpaired) electrons. The summed E-state index contributed by atoms with van der Waals surface area (Å²) >= 11 is 0. The Balaban J connectivity index is 2.03. The molecule has 1 heterocycles. The lowest BCUT2D eigenvalue weighted by molar-refractivity contribution is 0.0594. The lowest BCUT2D eigenvalue weighted by Crippen LogP contribution is -2.01. The number of methoxy groups -OCH3 is 1. The van der Waals surface area contributed by atoms with Crippen LogP contribution in [0, 0.1) is 5.82 Å². The average molecular weight is 310 g/mol. The topological polar surface area (TPSA) is 44.1 Å². The Bertz CT molecular complexity index is 811. The van der Waals surface area contributed by atoms with E-state index in [9.17, 15) is 9.18 Å². The Kier molecular flexibility index (Phi) is 4.19. The number of carbonyl (C=O) groups is 1. The number of benzene rings is 2. The van der Waals surface area contributed by atoms with Crippen molar-refractivity contribution in [3.05, 3.63) is 77.9 Å². The number of carbonyl (C=O) groups excluding carboxylic acids is 1. The molecule has 0 saturated carbocycles. The van der Waals surface area contributed by atoms with Crippen LogP contribution >= 0.6 is 0 Å². The molecule has 0 N–H and O–H groups in total. The van der Waals surface area contributed by atoms with Crippen LogP contribution < -0.4 is 0 Å². The van der Waals surface area contributed by atoms with E-state index in [4.69, 9.17) is 4.74 Å². The Labute approximate surface area is 133 Å². The van der Waals surface area contributed by atoms with Crippen LogP contribution in [0.3, 0.4) is 0 Å². The van der Waals surface area contributed by atoms with Gasteiger partial charge in [0.2, 0.25) is 0 Å². The molecular formula is C18H15FN2O2.